The second kappa shape index (κ2) is 9.71. The van der Waals surface area contributed by atoms with Gasteiger partial charge in [-0.15, -0.1) is 0 Å². The molecule has 0 spiro atoms. The van der Waals surface area contributed by atoms with Crippen LogP contribution in [0.1, 0.15) is 17.5 Å². The van der Waals surface area contributed by atoms with Crippen LogP contribution in [0.4, 0.5) is 11.4 Å². The molecule has 0 saturated heterocycles. The molecule has 4 heteroatoms. The van der Waals surface area contributed by atoms with E-state index in [1.807, 2.05) is 54.6 Å². The summed E-state index contributed by atoms with van der Waals surface area (Å²) < 4.78 is 5.85. The van der Waals surface area contributed by atoms with Crippen molar-refractivity contribution in [1.29, 1.82) is 0 Å². The van der Waals surface area contributed by atoms with E-state index in [0.29, 0.717) is 0 Å². The molecule has 1 aliphatic carbocycles. The van der Waals surface area contributed by atoms with Gasteiger partial charge in [0.05, 0.1) is 0 Å². The zero-order chi connectivity index (χ0) is 21.6. The fourth-order valence-electron chi connectivity index (χ4n) is 4.19. The van der Waals surface area contributed by atoms with Gasteiger partial charge in [-0.05, 0) is 98.9 Å². The lowest BCUT2D eigenvalue weighted by Gasteiger charge is -2.27. The van der Waals surface area contributed by atoms with E-state index in [4.69, 9.17) is 4.74 Å². The zero-order valence-corrected chi connectivity index (χ0v) is 18.4. The molecule has 3 aromatic rings. The van der Waals surface area contributed by atoms with E-state index in [-0.39, 0.29) is 0 Å². The molecule has 0 fully saturated rings. The van der Waals surface area contributed by atoms with Crippen LogP contribution in [-0.2, 0) is 12.8 Å². The normalized spacial score (nSPS) is 15.3. The highest BCUT2D eigenvalue weighted by Crippen LogP contribution is 2.29. The Hall–Kier alpha value is -3.24. The standard InChI is InChI=1S/C27H31N3O/c1-20(28-24-13-15-27(16-14-24)31-26-7-5-4-6-8-26)29-25-12-11-22-17-21(19-30(2)3)9-10-23(22)18-25/h4-8,11-16,18,21,28-29H,1,9-10,17,19H2,2-3H3. The SMILES string of the molecule is C=C(Nc1ccc(Oc2ccccc2)cc1)Nc1ccc2c(c1)CCC(CN(C)C)C2. The van der Waals surface area contributed by atoms with Crippen molar-refractivity contribution in [3.8, 4) is 11.5 Å². The first-order valence-corrected chi connectivity index (χ1v) is 10.9. The molecule has 0 amide bonds. The van der Waals surface area contributed by atoms with Gasteiger partial charge < -0.3 is 20.3 Å². The van der Waals surface area contributed by atoms with Crippen molar-refractivity contribution < 1.29 is 4.74 Å². The largest absolute Gasteiger partial charge is 0.457 e. The van der Waals surface area contributed by atoms with Gasteiger partial charge in [0.25, 0.3) is 0 Å². The molecular formula is C27H31N3O. The van der Waals surface area contributed by atoms with Crippen molar-refractivity contribution in [2.75, 3.05) is 31.3 Å². The van der Waals surface area contributed by atoms with Crippen molar-refractivity contribution in [3.05, 3.63) is 96.3 Å². The number of rotatable bonds is 8. The molecule has 31 heavy (non-hydrogen) atoms. The molecule has 0 heterocycles. The Bertz CT molecular complexity index is 1010. The quantitative estimate of drug-likeness (QED) is 0.465. The van der Waals surface area contributed by atoms with Crippen LogP contribution in [0.5, 0.6) is 11.5 Å². The molecule has 4 rings (SSSR count). The first-order valence-electron chi connectivity index (χ1n) is 10.9. The Labute approximate surface area is 185 Å². The third-order valence-electron chi connectivity index (χ3n) is 5.58. The van der Waals surface area contributed by atoms with Crippen LogP contribution in [0.2, 0.25) is 0 Å². The van der Waals surface area contributed by atoms with E-state index >= 15 is 0 Å². The maximum atomic E-state index is 5.85. The van der Waals surface area contributed by atoms with E-state index in [0.717, 1.165) is 47.6 Å². The van der Waals surface area contributed by atoms with Crippen LogP contribution in [0.25, 0.3) is 0 Å². The van der Waals surface area contributed by atoms with Crippen molar-refractivity contribution in [2.24, 2.45) is 5.92 Å². The van der Waals surface area contributed by atoms with Gasteiger partial charge in [0.2, 0.25) is 0 Å². The molecule has 3 aromatic carbocycles. The fraction of sp³-hybridized carbons (Fsp3) is 0.259. The summed E-state index contributed by atoms with van der Waals surface area (Å²) in [6, 6.07) is 24.4. The summed E-state index contributed by atoms with van der Waals surface area (Å²) in [4.78, 5) is 2.29. The smallest absolute Gasteiger partial charge is 0.127 e. The number of hydrogen-bond acceptors (Lipinski definition) is 4. The van der Waals surface area contributed by atoms with Crippen LogP contribution in [0.15, 0.2) is 85.2 Å². The van der Waals surface area contributed by atoms with E-state index in [2.05, 4.69) is 54.4 Å². The minimum absolute atomic E-state index is 0.748. The van der Waals surface area contributed by atoms with Gasteiger partial charge in [0.15, 0.2) is 0 Å². The molecule has 0 bridgehead atoms. The molecule has 1 aliphatic rings. The molecule has 0 saturated carbocycles. The molecule has 0 aromatic heterocycles. The van der Waals surface area contributed by atoms with Crippen LogP contribution in [-0.4, -0.2) is 25.5 Å². The van der Waals surface area contributed by atoms with Gasteiger partial charge in [-0.3, -0.25) is 0 Å². The highest BCUT2D eigenvalue weighted by atomic mass is 16.5. The van der Waals surface area contributed by atoms with Crippen molar-refractivity contribution in [3.63, 3.8) is 0 Å². The second-order valence-electron chi connectivity index (χ2n) is 8.52. The lowest BCUT2D eigenvalue weighted by Crippen LogP contribution is -2.26. The maximum absolute atomic E-state index is 5.85. The van der Waals surface area contributed by atoms with E-state index < -0.39 is 0 Å². The van der Waals surface area contributed by atoms with Crippen LogP contribution >= 0.6 is 0 Å². The third-order valence-corrected chi connectivity index (χ3v) is 5.58. The number of anilines is 2. The van der Waals surface area contributed by atoms with Gasteiger partial charge in [-0.25, -0.2) is 0 Å². The van der Waals surface area contributed by atoms with E-state index in [1.165, 1.54) is 24.0 Å². The summed E-state index contributed by atoms with van der Waals surface area (Å²) in [5, 5.41) is 6.72. The molecule has 4 nitrogen and oxygen atoms in total. The number of fused-ring (bicyclic) bond motifs is 1. The molecule has 1 unspecified atom stereocenters. The Morgan fingerprint density at radius 3 is 2.32 bits per heavy atom. The van der Waals surface area contributed by atoms with Crippen molar-refractivity contribution in [1.82, 2.24) is 4.90 Å². The Morgan fingerprint density at radius 2 is 1.58 bits per heavy atom. The predicted molar refractivity (Wildman–Crippen MR) is 130 cm³/mol. The predicted octanol–water partition coefficient (Wildman–Crippen LogP) is 6.14. The lowest BCUT2D eigenvalue weighted by molar-refractivity contribution is 0.303. The van der Waals surface area contributed by atoms with Crippen molar-refractivity contribution in [2.45, 2.75) is 19.3 Å². The van der Waals surface area contributed by atoms with Gasteiger partial charge in [-0.2, -0.15) is 0 Å². The topological polar surface area (TPSA) is 36.5 Å². The fourth-order valence-corrected chi connectivity index (χ4v) is 4.19. The van der Waals surface area contributed by atoms with Crippen LogP contribution in [0, 0.1) is 5.92 Å². The highest BCUT2D eigenvalue weighted by Gasteiger charge is 2.19. The monoisotopic (exact) mass is 413 g/mol. The summed E-state index contributed by atoms with van der Waals surface area (Å²) >= 11 is 0. The third kappa shape index (κ3) is 5.89. The number of ether oxygens (including phenoxy) is 1. The molecular weight excluding hydrogens is 382 g/mol. The molecule has 160 valence electrons. The number of nitrogens with one attached hydrogen (secondary N) is 2. The summed E-state index contributed by atoms with van der Waals surface area (Å²) in [7, 11) is 4.32. The highest BCUT2D eigenvalue weighted by molar-refractivity contribution is 5.58. The Kier molecular flexibility index (Phi) is 6.58. The van der Waals surface area contributed by atoms with E-state index in [1.54, 1.807) is 0 Å². The number of aryl methyl sites for hydroxylation is 1. The summed E-state index contributed by atoms with van der Waals surface area (Å²) in [6.07, 6.45) is 3.57. The zero-order valence-electron chi connectivity index (χ0n) is 18.4. The van der Waals surface area contributed by atoms with Gasteiger partial charge in [-0.1, -0.05) is 30.8 Å². The van der Waals surface area contributed by atoms with Gasteiger partial charge >= 0.3 is 0 Å². The molecule has 2 N–H and O–H groups in total. The molecule has 1 atom stereocenters. The molecule has 0 aliphatic heterocycles. The summed E-state index contributed by atoms with van der Waals surface area (Å²) in [5.74, 6) is 3.14. The molecule has 0 radical (unpaired) electrons. The van der Waals surface area contributed by atoms with Crippen LogP contribution < -0.4 is 15.4 Å². The average molecular weight is 414 g/mol. The van der Waals surface area contributed by atoms with Gasteiger partial charge in [0.1, 0.15) is 17.3 Å². The number of hydrogen-bond donors (Lipinski definition) is 2. The number of benzene rings is 3. The van der Waals surface area contributed by atoms with Crippen molar-refractivity contribution >= 4 is 11.4 Å². The summed E-state index contributed by atoms with van der Waals surface area (Å²) in [5.41, 5.74) is 4.97. The average Bonchev–Trinajstić information content (AvgIpc) is 2.75. The number of nitrogens with zero attached hydrogens (tertiary/aromatic N) is 1. The minimum Gasteiger partial charge on any atom is -0.457 e. The van der Waals surface area contributed by atoms with Gasteiger partial charge in [0, 0.05) is 17.9 Å². The first kappa shape index (κ1) is 21.0. The Balaban J connectivity index is 1.32. The minimum atomic E-state index is 0.748. The first-order chi connectivity index (χ1) is 15.0. The number of para-hydroxylation sites is 1. The second-order valence-corrected chi connectivity index (χ2v) is 8.52. The van der Waals surface area contributed by atoms with E-state index in [9.17, 15) is 0 Å². The lowest BCUT2D eigenvalue weighted by atomic mass is 9.83. The maximum Gasteiger partial charge on any atom is 0.127 e. The van der Waals surface area contributed by atoms with Crippen LogP contribution in [0.3, 0.4) is 0 Å². The summed E-state index contributed by atoms with van der Waals surface area (Å²) in [6.45, 7) is 5.30. The Morgan fingerprint density at radius 1 is 0.903 bits per heavy atom.